The summed E-state index contributed by atoms with van der Waals surface area (Å²) in [6.07, 6.45) is 4.02. The average Bonchev–Trinajstić information content (AvgIpc) is 2.84. The molecular formula is C24H31FN6O2S. The molecule has 3 aromatic rings. The summed E-state index contributed by atoms with van der Waals surface area (Å²) >= 11 is 0. The van der Waals surface area contributed by atoms with E-state index in [-0.39, 0.29) is 11.7 Å². The first kappa shape index (κ1) is 24.4. The third kappa shape index (κ3) is 4.88. The number of rotatable bonds is 7. The minimum absolute atomic E-state index is 0.0129. The van der Waals surface area contributed by atoms with Gasteiger partial charge in [0.1, 0.15) is 5.69 Å². The van der Waals surface area contributed by atoms with E-state index in [0.717, 1.165) is 35.9 Å². The lowest BCUT2D eigenvalue weighted by molar-refractivity contribution is 0.326. The summed E-state index contributed by atoms with van der Waals surface area (Å²) in [7, 11) is -3.26. The molecule has 1 fully saturated rings. The van der Waals surface area contributed by atoms with E-state index in [1.807, 2.05) is 19.1 Å². The van der Waals surface area contributed by atoms with Crippen molar-refractivity contribution in [3.63, 3.8) is 0 Å². The highest BCUT2D eigenvalue weighted by atomic mass is 32.2. The second-order valence-corrected chi connectivity index (χ2v) is 11.3. The molecule has 0 unspecified atom stereocenters. The van der Waals surface area contributed by atoms with Crippen LogP contribution in [0.2, 0.25) is 0 Å². The fraction of sp³-hybridized carbons (Fsp3) is 0.500. The first-order chi connectivity index (χ1) is 16.2. The number of benzene rings is 1. The summed E-state index contributed by atoms with van der Waals surface area (Å²) < 4.78 is 41.0. The van der Waals surface area contributed by atoms with Crippen LogP contribution in [0.15, 0.2) is 24.4 Å². The first-order valence-electron chi connectivity index (χ1n) is 11.8. The van der Waals surface area contributed by atoms with E-state index in [4.69, 9.17) is 9.97 Å². The molecule has 0 saturated carbocycles. The molecule has 0 atom stereocenters. The average molecular weight is 487 g/mol. The number of hydrogen-bond donors (Lipinski definition) is 1. The lowest BCUT2D eigenvalue weighted by Gasteiger charge is -2.32. The Kier molecular flexibility index (Phi) is 7.09. The highest BCUT2D eigenvalue weighted by molar-refractivity contribution is 7.89. The number of anilines is 1. The van der Waals surface area contributed by atoms with E-state index in [0.29, 0.717) is 43.0 Å². The Morgan fingerprint density at radius 1 is 1.06 bits per heavy atom. The van der Waals surface area contributed by atoms with Gasteiger partial charge in [-0.1, -0.05) is 19.9 Å². The van der Waals surface area contributed by atoms with Gasteiger partial charge in [-0.25, -0.2) is 37.0 Å². The monoisotopic (exact) mass is 486 g/mol. The molecule has 0 bridgehead atoms. The molecular weight excluding hydrogens is 455 g/mol. The van der Waals surface area contributed by atoms with Gasteiger partial charge in [-0.05, 0) is 51.7 Å². The number of aryl methyl sites for hydroxylation is 2. The Morgan fingerprint density at radius 3 is 2.32 bits per heavy atom. The quantitative estimate of drug-likeness (QED) is 0.539. The number of nitrogens with zero attached hydrogens (tertiary/aromatic N) is 5. The summed E-state index contributed by atoms with van der Waals surface area (Å²) in [6, 6.07) is 5.47. The van der Waals surface area contributed by atoms with Crippen LogP contribution < -0.4 is 5.32 Å². The van der Waals surface area contributed by atoms with Crippen molar-refractivity contribution in [2.45, 2.75) is 64.7 Å². The molecule has 1 saturated heterocycles. The third-order valence-corrected chi connectivity index (χ3v) is 8.53. The van der Waals surface area contributed by atoms with E-state index in [9.17, 15) is 12.8 Å². The van der Waals surface area contributed by atoms with Crippen LogP contribution in [0.3, 0.4) is 0 Å². The van der Waals surface area contributed by atoms with Crippen LogP contribution >= 0.6 is 0 Å². The lowest BCUT2D eigenvalue weighted by atomic mass is 10.1. The SMILES string of the molecule is CCc1nc2ccc(-c3nc(NC4CCN(S(=O)(=O)C(C)C)CC4)ncc3F)cc2nc1CC. The van der Waals surface area contributed by atoms with Crippen molar-refractivity contribution < 1.29 is 12.8 Å². The predicted molar refractivity (Wildman–Crippen MR) is 132 cm³/mol. The zero-order valence-electron chi connectivity index (χ0n) is 20.0. The van der Waals surface area contributed by atoms with Crippen molar-refractivity contribution in [1.29, 1.82) is 0 Å². The van der Waals surface area contributed by atoms with Crippen molar-refractivity contribution in [2.24, 2.45) is 0 Å². The molecule has 0 spiro atoms. The third-order valence-electron chi connectivity index (χ3n) is 6.25. The second-order valence-electron chi connectivity index (χ2n) is 8.83. The summed E-state index contributed by atoms with van der Waals surface area (Å²) in [5.41, 5.74) is 4.21. The maximum atomic E-state index is 14.7. The van der Waals surface area contributed by atoms with Gasteiger partial charge in [0.25, 0.3) is 0 Å². The molecule has 8 nitrogen and oxygen atoms in total. The van der Waals surface area contributed by atoms with E-state index in [1.165, 1.54) is 4.31 Å². The Labute approximate surface area is 200 Å². The summed E-state index contributed by atoms with van der Waals surface area (Å²) in [5.74, 6) is -0.195. The number of sulfonamides is 1. The van der Waals surface area contributed by atoms with Gasteiger partial charge in [0.05, 0.1) is 33.9 Å². The van der Waals surface area contributed by atoms with Gasteiger partial charge in [-0.2, -0.15) is 0 Å². The topological polar surface area (TPSA) is 101 Å². The Hall–Kier alpha value is -2.72. The van der Waals surface area contributed by atoms with Gasteiger partial charge in [-0.3, -0.25) is 0 Å². The van der Waals surface area contributed by atoms with Crippen molar-refractivity contribution in [3.8, 4) is 11.3 Å². The molecule has 3 heterocycles. The minimum Gasteiger partial charge on any atom is -0.351 e. The number of piperidine rings is 1. The van der Waals surface area contributed by atoms with Crippen LogP contribution in [-0.2, 0) is 22.9 Å². The normalized spacial score (nSPS) is 15.8. The number of aromatic nitrogens is 4. The molecule has 0 amide bonds. The molecule has 1 aliphatic heterocycles. The Balaban J connectivity index is 1.54. The molecule has 1 N–H and O–H groups in total. The van der Waals surface area contributed by atoms with Gasteiger partial charge in [0, 0.05) is 24.7 Å². The van der Waals surface area contributed by atoms with Crippen LogP contribution in [-0.4, -0.2) is 57.0 Å². The Bertz CT molecular complexity index is 1290. The van der Waals surface area contributed by atoms with E-state index >= 15 is 0 Å². The van der Waals surface area contributed by atoms with Crippen molar-refractivity contribution in [3.05, 3.63) is 41.6 Å². The largest absolute Gasteiger partial charge is 0.351 e. The minimum atomic E-state index is -3.26. The molecule has 182 valence electrons. The zero-order chi connectivity index (χ0) is 24.5. The van der Waals surface area contributed by atoms with Crippen LogP contribution in [0.1, 0.15) is 51.9 Å². The number of halogens is 1. The van der Waals surface area contributed by atoms with Crippen LogP contribution in [0.5, 0.6) is 0 Å². The smallest absolute Gasteiger partial charge is 0.223 e. The van der Waals surface area contributed by atoms with Crippen LogP contribution in [0.25, 0.3) is 22.3 Å². The number of fused-ring (bicyclic) bond motifs is 1. The standard InChI is InChI=1S/C24H31FN6O2S/c1-5-19-20(6-2)29-22-13-16(7-8-21(22)28-19)23-18(25)14-26-24(30-23)27-17-9-11-31(12-10-17)34(32,33)15(3)4/h7-8,13-15,17H,5-6,9-12H2,1-4H3,(H,26,27,30). The maximum Gasteiger partial charge on any atom is 0.223 e. The van der Waals surface area contributed by atoms with E-state index < -0.39 is 21.1 Å². The van der Waals surface area contributed by atoms with Gasteiger partial charge in [-0.15, -0.1) is 0 Å². The molecule has 1 aromatic carbocycles. The predicted octanol–water partition coefficient (Wildman–Crippen LogP) is 3.97. The Morgan fingerprint density at radius 2 is 1.71 bits per heavy atom. The lowest BCUT2D eigenvalue weighted by Crippen LogP contribution is -2.45. The van der Waals surface area contributed by atoms with Crippen molar-refractivity contribution in [2.75, 3.05) is 18.4 Å². The molecule has 1 aliphatic rings. The molecule has 0 radical (unpaired) electrons. The number of nitrogens with one attached hydrogen (secondary N) is 1. The highest BCUT2D eigenvalue weighted by Crippen LogP contribution is 2.26. The van der Waals surface area contributed by atoms with Crippen LogP contribution in [0.4, 0.5) is 10.3 Å². The fourth-order valence-electron chi connectivity index (χ4n) is 4.22. The summed E-state index contributed by atoms with van der Waals surface area (Å²) in [4.78, 5) is 18.0. The van der Waals surface area contributed by atoms with Gasteiger partial charge in [0.2, 0.25) is 16.0 Å². The second kappa shape index (κ2) is 9.87. The van der Waals surface area contributed by atoms with E-state index in [2.05, 4.69) is 22.2 Å². The van der Waals surface area contributed by atoms with Gasteiger partial charge in [0.15, 0.2) is 5.82 Å². The maximum absolute atomic E-state index is 14.7. The fourth-order valence-corrected chi connectivity index (χ4v) is 5.53. The summed E-state index contributed by atoms with van der Waals surface area (Å²) in [5, 5.41) is 2.82. The molecule has 4 rings (SSSR count). The first-order valence-corrected chi connectivity index (χ1v) is 13.3. The van der Waals surface area contributed by atoms with Crippen molar-refractivity contribution >= 4 is 27.0 Å². The zero-order valence-corrected chi connectivity index (χ0v) is 20.9. The van der Waals surface area contributed by atoms with Gasteiger partial charge >= 0.3 is 0 Å². The van der Waals surface area contributed by atoms with E-state index in [1.54, 1.807) is 19.9 Å². The van der Waals surface area contributed by atoms with Gasteiger partial charge < -0.3 is 5.32 Å². The molecule has 10 heteroatoms. The highest BCUT2D eigenvalue weighted by Gasteiger charge is 2.30. The van der Waals surface area contributed by atoms with Crippen LogP contribution in [0, 0.1) is 5.82 Å². The molecule has 2 aromatic heterocycles. The number of hydrogen-bond acceptors (Lipinski definition) is 7. The van der Waals surface area contributed by atoms with Crippen molar-refractivity contribution in [1.82, 2.24) is 24.2 Å². The molecule has 0 aliphatic carbocycles. The summed E-state index contributed by atoms with van der Waals surface area (Å²) in [6.45, 7) is 8.37. The molecule has 34 heavy (non-hydrogen) atoms.